The summed E-state index contributed by atoms with van der Waals surface area (Å²) < 4.78 is 1.14. The molecule has 56 valence electrons. The average molecular weight is 222 g/mol. The Balaban J connectivity index is 2.49. The Morgan fingerprint density at radius 1 is 1.80 bits per heavy atom. The standard InChI is InChI=1S/C6H8BrNOS/c1-9-8-4-6-5(7)2-3-10-6/h2-3,8H,4H2,1H3. The average Bonchev–Trinajstić information content (AvgIpc) is 2.31. The zero-order chi connectivity index (χ0) is 7.40. The van der Waals surface area contributed by atoms with E-state index in [1.165, 1.54) is 4.88 Å². The predicted octanol–water partition coefficient (Wildman–Crippen LogP) is 2.16. The number of hydroxylamine groups is 1. The molecule has 0 spiro atoms. The van der Waals surface area contributed by atoms with Gasteiger partial charge in [0.2, 0.25) is 0 Å². The van der Waals surface area contributed by atoms with E-state index in [0.717, 1.165) is 11.0 Å². The smallest absolute Gasteiger partial charge is 0.0572 e. The molecule has 0 aromatic carbocycles. The van der Waals surface area contributed by atoms with Gasteiger partial charge in [0.25, 0.3) is 0 Å². The van der Waals surface area contributed by atoms with E-state index < -0.39 is 0 Å². The number of hydrogen-bond donors (Lipinski definition) is 1. The van der Waals surface area contributed by atoms with E-state index >= 15 is 0 Å². The van der Waals surface area contributed by atoms with Crippen molar-refractivity contribution in [1.29, 1.82) is 0 Å². The zero-order valence-corrected chi connectivity index (χ0v) is 7.96. The van der Waals surface area contributed by atoms with Crippen LogP contribution in [0, 0.1) is 0 Å². The zero-order valence-electron chi connectivity index (χ0n) is 5.56. The first-order chi connectivity index (χ1) is 4.84. The van der Waals surface area contributed by atoms with Gasteiger partial charge in [0.15, 0.2) is 0 Å². The van der Waals surface area contributed by atoms with Gasteiger partial charge in [0.05, 0.1) is 13.7 Å². The second kappa shape index (κ2) is 4.08. The fraction of sp³-hybridized carbons (Fsp3) is 0.333. The van der Waals surface area contributed by atoms with Crippen LogP contribution in [0.15, 0.2) is 15.9 Å². The molecule has 1 aromatic heterocycles. The molecule has 0 aliphatic heterocycles. The van der Waals surface area contributed by atoms with Crippen LogP contribution in [-0.4, -0.2) is 7.11 Å². The minimum absolute atomic E-state index is 0.759. The Morgan fingerprint density at radius 2 is 2.60 bits per heavy atom. The second-order valence-corrected chi connectivity index (χ2v) is 3.57. The lowest BCUT2D eigenvalue weighted by molar-refractivity contribution is 0.0873. The van der Waals surface area contributed by atoms with Gasteiger partial charge in [-0.05, 0) is 27.4 Å². The number of rotatable bonds is 3. The van der Waals surface area contributed by atoms with Gasteiger partial charge in [-0.1, -0.05) is 0 Å². The summed E-state index contributed by atoms with van der Waals surface area (Å²) in [4.78, 5) is 5.96. The first kappa shape index (κ1) is 8.20. The third-order valence-corrected chi connectivity index (χ3v) is 2.99. The molecule has 0 atom stereocenters. The molecule has 1 aromatic rings. The number of hydrogen-bond acceptors (Lipinski definition) is 3. The summed E-state index contributed by atoms with van der Waals surface area (Å²) in [7, 11) is 1.61. The summed E-state index contributed by atoms with van der Waals surface area (Å²) in [6.07, 6.45) is 0. The number of thiophene rings is 1. The Morgan fingerprint density at radius 3 is 3.10 bits per heavy atom. The van der Waals surface area contributed by atoms with E-state index in [4.69, 9.17) is 4.84 Å². The van der Waals surface area contributed by atoms with Crippen molar-refractivity contribution in [2.45, 2.75) is 6.54 Å². The molecule has 0 aliphatic carbocycles. The summed E-state index contributed by atoms with van der Waals surface area (Å²) in [5.74, 6) is 0. The van der Waals surface area contributed by atoms with Crippen LogP contribution in [0.3, 0.4) is 0 Å². The molecule has 0 saturated carbocycles. The summed E-state index contributed by atoms with van der Waals surface area (Å²) in [6.45, 7) is 0.759. The summed E-state index contributed by atoms with van der Waals surface area (Å²) in [6, 6.07) is 2.03. The maximum Gasteiger partial charge on any atom is 0.0572 e. The molecule has 0 aliphatic rings. The summed E-state index contributed by atoms with van der Waals surface area (Å²) in [5, 5.41) is 2.04. The third kappa shape index (κ3) is 2.05. The monoisotopic (exact) mass is 221 g/mol. The van der Waals surface area contributed by atoms with E-state index in [9.17, 15) is 0 Å². The maximum atomic E-state index is 4.71. The molecule has 0 amide bonds. The Kier molecular flexibility index (Phi) is 3.34. The van der Waals surface area contributed by atoms with Crippen molar-refractivity contribution in [3.63, 3.8) is 0 Å². The fourth-order valence-electron chi connectivity index (χ4n) is 0.589. The molecule has 0 fully saturated rings. The highest BCUT2D eigenvalue weighted by molar-refractivity contribution is 9.10. The molecule has 1 heterocycles. The summed E-state index contributed by atoms with van der Waals surface area (Å²) in [5.41, 5.74) is 2.77. The lowest BCUT2D eigenvalue weighted by Gasteiger charge is -1.97. The largest absolute Gasteiger partial charge is 0.305 e. The van der Waals surface area contributed by atoms with E-state index in [0.29, 0.717) is 0 Å². The van der Waals surface area contributed by atoms with Crippen molar-refractivity contribution in [2.75, 3.05) is 7.11 Å². The minimum atomic E-state index is 0.759. The van der Waals surface area contributed by atoms with Crippen LogP contribution in [0.4, 0.5) is 0 Å². The third-order valence-electron chi connectivity index (χ3n) is 1.07. The molecule has 0 bridgehead atoms. The van der Waals surface area contributed by atoms with Crippen LogP contribution in [-0.2, 0) is 11.4 Å². The number of nitrogens with one attached hydrogen (secondary N) is 1. The molecular formula is C6H8BrNOS. The fourth-order valence-corrected chi connectivity index (χ4v) is 2.01. The molecular weight excluding hydrogens is 214 g/mol. The van der Waals surface area contributed by atoms with E-state index in [2.05, 4.69) is 21.4 Å². The second-order valence-electron chi connectivity index (χ2n) is 1.72. The van der Waals surface area contributed by atoms with Crippen LogP contribution >= 0.6 is 27.3 Å². The normalized spacial score (nSPS) is 10.2. The molecule has 1 N–H and O–H groups in total. The highest BCUT2D eigenvalue weighted by atomic mass is 79.9. The Bertz CT molecular complexity index is 201. The SMILES string of the molecule is CONCc1sccc1Br. The first-order valence-electron chi connectivity index (χ1n) is 2.82. The van der Waals surface area contributed by atoms with Gasteiger partial charge in [0, 0.05) is 9.35 Å². The van der Waals surface area contributed by atoms with Gasteiger partial charge in [-0.15, -0.1) is 11.3 Å². The molecule has 0 unspecified atom stereocenters. The lowest BCUT2D eigenvalue weighted by Crippen LogP contribution is -2.09. The van der Waals surface area contributed by atoms with Gasteiger partial charge in [-0.2, -0.15) is 5.48 Å². The van der Waals surface area contributed by atoms with Crippen molar-refractivity contribution in [1.82, 2.24) is 5.48 Å². The van der Waals surface area contributed by atoms with Gasteiger partial charge in [-0.25, -0.2) is 0 Å². The van der Waals surface area contributed by atoms with Crippen LogP contribution in [0.5, 0.6) is 0 Å². The van der Waals surface area contributed by atoms with Crippen molar-refractivity contribution < 1.29 is 4.84 Å². The van der Waals surface area contributed by atoms with Crippen molar-refractivity contribution in [2.24, 2.45) is 0 Å². The van der Waals surface area contributed by atoms with E-state index in [1.54, 1.807) is 18.4 Å². The van der Waals surface area contributed by atoms with Crippen molar-refractivity contribution >= 4 is 27.3 Å². The van der Waals surface area contributed by atoms with Crippen molar-refractivity contribution in [3.8, 4) is 0 Å². The molecule has 2 nitrogen and oxygen atoms in total. The van der Waals surface area contributed by atoms with Crippen molar-refractivity contribution in [3.05, 3.63) is 20.8 Å². The van der Waals surface area contributed by atoms with Gasteiger partial charge < -0.3 is 4.84 Å². The topological polar surface area (TPSA) is 21.3 Å². The molecule has 10 heavy (non-hydrogen) atoms. The highest BCUT2D eigenvalue weighted by Crippen LogP contribution is 2.21. The van der Waals surface area contributed by atoms with Gasteiger partial charge in [0.1, 0.15) is 0 Å². The van der Waals surface area contributed by atoms with Gasteiger partial charge in [-0.3, -0.25) is 0 Å². The summed E-state index contributed by atoms with van der Waals surface area (Å²) >= 11 is 5.11. The molecule has 0 radical (unpaired) electrons. The number of halogens is 1. The van der Waals surface area contributed by atoms with Crippen LogP contribution in [0.25, 0.3) is 0 Å². The quantitative estimate of drug-likeness (QED) is 0.791. The first-order valence-corrected chi connectivity index (χ1v) is 4.49. The molecule has 4 heteroatoms. The molecule has 1 rings (SSSR count). The van der Waals surface area contributed by atoms with E-state index in [1.807, 2.05) is 11.4 Å². The molecule has 0 saturated heterocycles. The highest BCUT2D eigenvalue weighted by Gasteiger charge is 1.98. The lowest BCUT2D eigenvalue weighted by atomic mass is 10.5. The Labute approximate surface area is 72.3 Å². The minimum Gasteiger partial charge on any atom is -0.305 e. The van der Waals surface area contributed by atoms with Crippen LogP contribution < -0.4 is 5.48 Å². The Hall–Kier alpha value is 0.100. The van der Waals surface area contributed by atoms with Crippen LogP contribution in [0.2, 0.25) is 0 Å². The maximum absolute atomic E-state index is 4.71. The predicted molar refractivity (Wildman–Crippen MR) is 45.9 cm³/mol. The van der Waals surface area contributed by atoms with E-state index in [-0.39, 0.29) is 0 Å². The van der Waals surface area contributed by atoms with Crippen LogP contribution in [0.1, 0.15) is 4.88 Å². The van der Waals surface area contributed by atoms with Gasteiger partial charge >= 0.3 is 0 Å².